The van der Waals surface area contributed by atoms with Crippen molar-refractivity contribution in [2.24, 2.45) is 4.99 Å². The largest absolute Gasteiger partial charge is 0.356 e. The zero-order valence-electron chi connectivity index (χ0n) is 13.1. The molecule has 0 unspecified atom stereocenters. The third kappa shape index (κ3) is 3.30. The average Bonchev–Trinajstić information content (AvgIpc) is 3.25. The van der Waals surface area contributed by atoms with E-state index in [9.17, 15) is 0 Å². The van der Waals surface area contributed by atoms with Crippen molar-refractivity contribution in [3.63, 3.8) is 0 Å². The van der Waals surface area contributed by atoms with E-state index in [0.717, 1.165) is 24.7 Å². The third-order valence-electron chi connectivity index (χ3n) is 4.32. The molecule has 22 heavy (non-hydrogen) atoms. The van der Waals surface area contributed by atoms with Crippen molar-refractivity contribution in [1.29, 1.82) is 0 Å². The molecule has 0 bridgehead atoms. The Kier molecular flexibility index (Phi) is 4.43. The topological polar surface area (TPSA) is 49.3 Å². The second kappa shape index (κ2) is 6.48. The van der Waals surface area contributed by atoms with E-state index in [0.29, 0.717) is 5.41 Å². The molecule has 2 N–H and O–H groups in total. The monoisotopic (exact) mass is 314 g/mol. The van der Waals surface area contributed by atoms with Crippen LogP contribution in [0.5, 0.6) is 0 Å². The van der Waals surface area contributed by atoms with Gasteiger partial charge in [-0.3, -0.25) is 4.99 Å². The second-order valence-corrected chi connectivity index (χ2v) is 6.73. The Labute approximate surface area is 135 Å². The third-order valence-corrected chi connectivity index (χ3v) is 5.25. The summed E-state index contributed by atoms with van der Waals surface area (Å²) in [5.41, 5.74) is 4.70. The molecule has 1 aromatic carbocycles. The van der Waals surface area contributed by atoms with Gasteiger partial charge in [-0.05, 0) is 25.3 Å². The number of rotatable bonds is 5. The summed E-state index contributed by atoms with van der Waals surface area (Å²) >= 11 is 1.68. The molecule has 1 saturated carbocycles. The van der Waals surface area contributed by atoms with Gasteiger partial charge in [0, 0.05) is 23.9 Å². The molecule has 0 amide bonds. The molecule has 2 aromatic rings. The maximum absolute atomic E-state index is 4.32. The highest BCUT2D eigenvalue weighted by Gasteiger charge is 2.43. The molecular formula is C17H22N4S. The predicted octanol–water partition coefficient (Wildman–Crippen LogP) is 2.85. The number of thiazole rings is 1. The van der Waals surface area contributed by atoms with Gasteiger partial charge in [0.2, 0.25) is 0 Å². The van der Waals surface area contributed by atoms with Crippen LogP contribution in [-0.2, 0) is 12.0 Å². The van der Waals surface area contributed by atoms with Gasteiger partial charge in [0.15, 0.2) is 5.96 Å². The average molecular weight is 314 g/mol. The summed E-state index contributed by atoms with van der Waals surface area (Å²) < 4.78 is 0. The fourth-order valence-corrected chi connectivity index (χ4v) is 3.36. The summed E-state index contributed by atoms with van der Waals surface area (Å²) in [4.78, 5) is 9.85. The van der Waals surface area contributed by atoms with Gasteiger partial charge in [-0.1, -0.05) is 30.3 Å². The van der Waals surface area contributed by atoms with Crippen LogP contribution < -0.4 is 10.6 Å². The Bertz CT molecular complexity index is 644. The number of benzene rings is 1. The van der Waals surface area contributed by atoms with Gasteiger partial charge >= 0.3 is 0 Å². The minimum Gasteiger partial charge on any atom is -0.356 e. The first-order chi connectivity index (χ1) is 10.7. The number of hydrogen-bond donors (Lipinski definition) is 2. The molecule has 1 heterocycles. The maximum atomic E-state index is 4.32. The van der Waals surface area contributed by atoms with Gasteiger partial charge in [0.1, 0.15) is 0 Å². The van der Waals surface area contributed by atoms with Gasteiger partial charge < -0.3 is 10.6 Å². The Morgan fingerprint density at radius 3 is 2.64 bits per heavy atom. The lowest BCUT2D eigenvalue weighted by Crippen LogP contribution is -2.40. The van der Waals surface area contributed by atoms with Crippen LogP contribution in [0.3, 0.4) is 0 Å². The van der Waals surface area contributed by atoms with E-state index in [-0.39, 0.29) is 0 Å². The molecule has 1 aliphatic rings. The molecule has 1 aliphatic carbocycles. The zero-order valence-corrected chi connectivity index (χ0v) is 13.9. The van der Waals surface area contributed by atoms with Crippen LogP contribution in [0.15, 0.2) is 40.8 Å². The van der Waals surface area contributed by atoms with Gasteiger partial charge in [-0.25, -0.2) is 4.98 Å². The maximum Gasteiger partial charge on any atom is 0.191 e. The molecule has 0 saturated heterocycles. The van der Waals surface area contributed by atoms with E-state index in [1.54, 1.807) is 11.3 Å². The number of hydrogen-bond acceptors (Lipinski definition) is 3. The van der Waals surface area contributed by atoms with Crippen LogP contribution in [0.1, 0.15) is 29.0 Å². The summed E-state index contributed by atoms with van der Waals surface area (Å²) in [6, 6.07) is 10.8. The van der Waals surface area contributed by atoms with E-state index in [2.05, 4.69) is 50.9 Å². The lowest BCUT2D eigenvalue weighted by atomic mass is 9.96. The Balaban J connectivity index is 1.55. The van der Waals surface area contributed by atoms with E-state index >= 15 is 0 Å². The van der Waals surface area contributed by atoms with Crippen LogP contribution in [0.4, 0.5) is 0 Å². The summed E-state index contributed by atoms with van der Waals surface area (Å²) in [5, 5.41) is 6.85. The molecule has 0 radical (unpaired) electrons. The number of aromatic nitrogens is 1. The summed E-state index contributed by atoms with van der Waals surface area (Å²) in [5.74, 6) is 0.856. The minimum atomic E-state index is 0.291. The minimum absolute atomic E-state index is 0.291. The fraction of sp³-hybridized carbons (Fsp3) is 0.412. The Morgan fingerprint density at radius 1 is 1.27 bits per heavy atom. The van der Waals surface area contributed by atoms with Crippen LogP contribution >= 0.6 is 11.3 Å². The van der Waals surface area contributed by atoms with E-state index in [1.807, 2.05) is 19.5 Å². The quantitative estimate of drug-likeness (QED) is 0.659. The number of guanidine groups is 1. The van der Waals surface area contributed by atoms with Crippen LogP contribution in [0, 0.1) is 6.92 Å². The van der Waals surface area contributed by atoms with Crippen molar-refractivity contribution < 1.29 is 0 Å². The van der Waals surface area contributed by atoms with Gasteiger partial charge in [-0.15, -0.1) is 11.3 Å². The molecule has 5 heteroatoms. The highest BCUT2D eigenvalue weighted by molar-refractivity contribution is 7.09. The molecule has 0 atom stereocenters. The molecule has 3 rings (SSSR count). The lowest BCUT2D eigenvalue weighted by Gasteiger charge is -2.19. The predicted molar refractivity (Wildman–Crippen MR) is 92.4 cm³/mol. The van der Waals surface area contributed by atoms with Crippen LogP contribution in [0.2, 0.25) is 0 Å². The first-order valence-corrected chi connectivity index (χ1v) is 8.50. The molecule has 1 fully saturated rings. The normalized spacial score (nSPS) is 16.4. The summed E-state index contributed by atoms with van der Waals surface area (Å²) in [6.45, 7) is 3.74. The molecule has 0 aliphatic heterocycles. The van der Waals surface area contributed by atoms with Crippen molar-refractivity contribution in [3.05, 3.63) is 52.0 Å². The Morgan fingerprint density at radius 2 is 2.05 bits per heavy atom. The molecule has 4 nitrogen and oxygen atoms in total. The van der Waals surface area contributed by atoms with E-state index in [4.69, 9.17) is 0 Å². The SMILES string of the molecule is CN=C(NCc1scnc1C)NCC1(c2ccccc2)CC1. The molecule has 0 spiro atoms. The zero-order chi connectivity index (χ0) is 15.4. The highest BCUT2D eigenvalue weighted by Crippen LogP contribution is 2.47. The Hall–Kier alpha value is -1.88. The van der Waals surface area contributed by atoms with E-state index < -0.39 is 0 Å². The number of nitrogens with zero attached hydrogens (tertiary/aromatic N) is 2. The number of aliphatic imine (C=N–C) groups is 1. The summed E-state index contributed by atoms with van der Waals surface area (Å²) in [7, 11) is 1.82. The highest BCUT2D eigenvalue weighted by atomic mass is 32.1. The van der Waals surface area contributed by atoms with Gasteiger partial charge in [-0.2, -0.15) is 0 Å². The van der Waals surface area contributed by atoms with E-state index in [1.165, 1.54) is 23.3 Å². The van der Waals surface area contributed by atoms with Crippen LogP contribution in [-0.4, -0.2) is 24.5 Å². The first kappa shape index (κ1) is 15.0. The van der Waals surface area contributed by atoms with Gasteiger partial charge in [0.25, 0.3) is 0 Å². The lowest BCUT2D eigenvalue weighted by molar-refractivity contribution is 0.646. The smallest absolute Gasteiger partial charge is 0.191 e. The fourth-order valence-electron chi connectivity index (χ4n) is 2.64. The first-order valence-electron chi connectivity index (χ1n) is 7.62. The van der Waals surface area contributed by atoms with Crippen molar-refractivity contribution in [2.45, 2.75) is 31.7 Å². The van der Waals surface area contributed by atoms with Crippen molar-refractivity contribution in [1.82, 2.24) is 15.6 Å². The van der Waals surface area contributed by atoms with Crippen molar-refractivity contribution in [3.8, 4) is 0 Å². The number of aryl methyl sites for hydroxylation is 1. The molecule has 116 valence electrons. The standard InChI is InChI=1S/C17H22N4S/c1-13-15(22-12-21-13)10-19-16(18-2)20-11-17(8-9-17)14-6-4-3-5-7-14/h3-7,12H,8-11H2,1-2H3,(H2,18,19,20). The number of nitrogens with one attached hydrogen (secondary N) is 2. The summed E-state index contributed by atoms with van der Waals surface area (Å²) in [6.07, 6.45) is 2.49. The second-order valence-electron chi connectivity index (χ2n) is 5.79. The van der Waals surface area contributed by atoms with Crippen LogP contribution in [0.25, 0.3) is 0 Å². The van der Waals surface area contributed by atoms with Crippen molar-refractivity contribution in [2.75, 3.05) is 13.6 Å². The van der Waals surface area contributed by atoms with Crippen molar-refractivity contribution >= 4 is 17.3 Å². The van der Waals surface area contributed by atoms with Gasteiger partial charge in [0.05, 0.1) is 17.7 Å². The molecular weight excluding hydrogens is 292 g/mol. The molecule has 1 aromatic heterocycles.